The monoisotopic (exact) mass is 446 g/mol. The standard InChI is InChI=1S/C21H27ClN6O3/c1-30-18-11-23-8-15(18)21(29)28-19-6-14(16(22)9-26-19)17-10-24-12-20(27-17)25-7-13-2-4-31-5-3-13/h6,9-10,12-13,15,18,23H,2-5,7-8,11H2,1H3,(H,25,27)(H,26,28,29). The van der Waals surface area contributed by atoms with E-state index < -0.39 is 0 Å². The van der Waals surface area contributed by atoms with Crippen molar-refractivity contribution in [1.29, 1.82) is 0 Å². The molecule has 2 aromatic rings. The highest BCUT2D eigenvalue weighted by Gasteiger charge is 2.33. The quantitative estimate of drug-likeness (QED) is 0.593. The Hall–Kier alpha value is -2.33. The molecule has 2 aliphatic heterocycles. The van der Waals surface area contributed by atoms with E-state index in [0.29, 0.717) is 46.9 Å². The van der Waals surface area contributed by atoms with Gasteiger partial charge in [0.1, 0.15) is 11.6 Å². The Morgan fingerprint density at radius 1 is 1.26 bits per heavy atom. The number of aromatic nitrogens is 3. The average Bonchev–Trinajstić information content (AvgIpc) is 3.29. The van der Waals surface area contributed by atoms with Crippen molar-refractivity contribution in [2.45, 2.75) is 18.9 Å². The van der Waals surface area contributed by atoms with Gasteiger partial charge in [0, 0.05) is 51.7 Å². The third-order valence-electron chi connectivity index (χ3n) is 5.73. The van der Waals surface area contributed by atoms with Crippen LogP contribution in [0.25, 0.3) is 11.3 Å². The highest BCUT2D eigenvalue weighted by molar-refractivity contribution is 6.33. The van der Waals surface area contributed by atoms with Gasteiger partial charge in [0.15, 0.2) is 0 Å². The molecule has 2 atom stereocenters. The Labute approximate surface area is 186 Å². The van der Waals surface area contributed by atoms with Gasteiger partial charge < -0.3 is 25.4 Å². The zero-order valence-electron chi connectivity index (χ0n) is 17.4. The molecule has 0 saturated carbocycles. The minimum absolute atomic E-state index is 0.143. The van der Waals surface area contributed by atoms with E-state index >= 15 is 0 Å². The molecule has 1 amide bonds. The topological polar surface area (TPSA) is 110 Å². The Morgan fingerprint density at radius 3 is 2.90 bits per heavy atom. The van der Waals surface area contributed by atoms with Crippen LogP contribution in [0.5, 0.6) is 0 Å². The Morgan fingerprint density at radius 2 is 2.10 bits per heavy atom. The molecule has 2 fully saturated rings. The first kappa shape index (κ1) is 21.9. The average molecular weight is 447 g/mol. The summed E-state index contributed by atoms with van der Waals surface area (Å²) in [4.78, 5) is 25.9. The van der Waals surface area contributed by atoms with Gasteiger partial charge >= 0.3 is 0 Å². The molecule has 2 aliphatic rings. The number of nitrogens with zero attached hydrogens (tertiary/aromatic N) is 3. The van der Waals surface area contributed by atoms with Crippen LogP contribution in [0.4, 0.5) is 11.6 Å². The predicted molar refractivity (Wildman–Crippen MR) is 118 cm³/mol. The van der Waals surface area contributed by atoms with E-state index in [-0.39, 0.29) is 17.9 Å². The normalized spacial score (nSPS) is 21.7. The van der Waals surface area contributed by atoms with Crippen LogP contribution in [0.2, 0.25) is 5.02 Å². The van der Waals surface area contributed by atoms with Gasteiger partial charge in [0.2, 0.25) is 5.91 Å². The molecule has 0 radical (unpaired) electrons. The molecule has 9 nitrogen and oxygen atoms in total. The van der Waals surface area contributed by atoms with Gasteiger partial charge in [0.05, 0.1) is 35.1 Å². The van der Waals surface area contributed by atoms with Gasteiger partial charge in [-0.25, -0.2) is 9.97 Å². The van der Waals surface area contributed by atoms with Crippen LogP contribution in [0.15, 0.2) is 24.7 Å². The molecular formula is C21H27ClN6O3. The molecule has 0 aromatic carbocycles. The minimum atomic E-state index is -0.275. The molecule has 166 valence electrons. The first-order chi connectivity index (χ1) is 15.1. The molecule has 4 rings (SSSR count). The molecule has 4 heterocycles. The van der Waals surface area contributed by atoms with E-state index in [4.69, 9.17) is 21.1 Å². The third-order valence-corrected chi connectivity index (χ3v) is 6.03. The number of halogens is 1. The van der Waals surface area contributed by atoms with Gasteiger partial charge in [-0.3, -0.25) is 9.78 Å². The first-order valence-corrected chi connectivity index (χ1v) is 10.9. The van der Waals surface area contributed by atoms with Crippen molar-refractivity contribution in [3.8, 4) is 11.3 Å². The molecule has 0 spiro atoms. The van der Waals surface area contributed by atoms with E-state index in [9.17, 15) is 4.79 Å². The fourth-order valence-electron chi connectivity index (χ4n) is 3.87. The second kappa shape index (κ2) is 10.3. The van der Waals surface area contributed by atoms with Crippen molar-refractivity contribution in [1.82, 2.24) is 20.3 Å². The number of amides is 1. The van der Waals surface area contributed by atoms with Crippen LogP contribution in [-0.4, -0.2) is 66.9 Å². The number of hydrogen-bond acceptors (Lipinski definition) is 8. The Balaban J connectivity index is 1.46. The molecular weight excluding hydrogens is 420 g/mol. The summed E-state index contributed by atoms with van der Waals surface area (Å²) in [6.07, 6.45) is 6.78. The van der Waals surface area contributed by atoms with Crippen LogP contribution in [0.1, 0.15) is 12.8 Å². The van der Waals surface area contributed by atoms with Crippen molar-refractivity contribution in [3.05, 3.63) is 29.7 Å². The summed E-state index contributed by atoms with van der Waals surface area (Å²) in [7, 11) is 1.61. The van der Waals surface area contributed by atoms with E-state index in [1.807, 2.05) is 0 Å². The SMILES string of the molecule is COC1CNCC1C(=O)Nc1cc(-c2cncc(NCC3CCOCC3)n2)c(Cl)cn1. The van der Waals surface area contributed by atoms with E-state index in [0.717, 1.165) is 32.6 Å². The van der Waals surface area contributed by atoms with Crippen LogP contribution in [0, 0.1) is 11.8 Å². The summed E-state index contributed by atoms with van der Waals surface area (Å²) < 4.78 is 10.8. The molecule has 2 saturated heterocycles. The van der Waals surface area contributed by atoms with Gasteiger partial charge in [-0.1, -0.05) is 11.6 Å². The summed E-state index contributed by atoms with van der Waals surface area (Å²) in [6.45, 7) is 3.65. The number of anilines is 2. The number of carbonyl (C=O) groups is 1. The maximum Gasteiger partial charge on any atom is 0.232 e. The number of ether oxygens (including phenoxy) is 2. The van der Waals surface area contributed by atoms with E-state index in [2.05, 4.69) is 30.9 Å². The van der Waals surface area contributed by atoms with Gasteiger partial charge in [0.25, 0.3) is 0 Å². The number of hydrogen-bond donors (Lipinski definition) is 3. The first-order valence-electron chi connectivity index (χ1n) is 10.5. The van der Waals surface area contributed by atoms with E-state index in [1.54, 1.807) is 25.6 Å². The molecule has 31 heavy (non-hydrogen) atoms. The maximum absolute atomic E-state index is 12.7. The lowest BCUT2D eigenvalue weighted by atomic mass is 10.0. The summed E-state index contributed by atoms with van der Waals surface area (Å²) >= 11 is 6.38. The summed E-state index contributed by atoms with van der Waals surface area (Å²) in [5.74, 6) is 1.24. The Kier molecular flexibility index (Phi) is 7.29. The largest absolute Gasteiger partial charge is 0.381 e. The number of nitrogens with one attached hydrogen (secondary N) is 3. The van der Waals surface area contributed by atoms with Crippen molar-refractivity contribution in [2.75, 3.05) is 50.6 Å². The molecule has 0 aliphatic carbocycles. The van der Waals surface area contributed by atoms with E-state index in [1.165, 1.54) is 6.20 Å². The number of pyridine rings is 1. The smallest absolute Gasteiger partial charge is 0.232 e. The molecule has 0 bridgehead atoms. The molecule has 3 N–H and O–H groups in total. The predicted octanol–water partition coefficient (Wildman–Crippen LogP) is 2.20. The van der Waals surface area contributed by atoms with Gasteiger partial charge in [-0.2, -0.15) is 0 Å². The number of rotatable bonds is 7. The van der Waals surface area contributed by atoms with Crippen molar-refractivity contribution >= 4 is 29.1 Å². The number of methoxy groups -OCH3 is 1. The fraction of sp³-hybridized carbons (Fsp3) is 0.524. The van der Waals surface area contributed by atoms with Crippen LogP contribution < -0.4 is 16.0 Å². The van der Waals surface area contributed by atoms with Gasteiger partial charge in [-0.05, 0) is 24.8 Å². The molecule has 2 unspecified atom stereocenters. The Bertz CT molecular complexity index is 908. The maximum atomic E-state index is 12.7. The van der Waals surface area contributed by atoms with Crippen LogP contribution in [-0.2, 0) is 14.3 Å². The fourth-order valence-corrected chi connectivity index (χ4v) is 4.07. The third kappa shape index (κ3) is 5.48. The zero-order valence-corrected chi connectivity index (χ0v) is 18.2. The van der Waals surface area contributed by atoms with Gasteiger partial charge in [-0.15, -0.1) is 0 Å². The molecule has 2 aromatic heterocycles. The lowest BCUT2D eigenvalue weighted by Crippen LogP contribution is -2.33. The second-order valence-electron chi connectivity index (χ2n) is 7.80. The minimum Gasteiger partial charge on any atom is -0.381 e. The van der Waals surface area contributed by atoms with Crippen LogP contribution in [0.3, 0.4) is 0 Å². The lowest BCUT2D eigenvalue weighted by Gasteiger charge is -2.22. The van der Waals surface area contributed by atoms with Crippen molar-refractivity contribution in [3.63, 3.8) is 0 Å². The van der Waals surface area contributed by atoms with Crippen LogP contribution >= 0.6 is 11.6 Å². The van der Waals surface area contributed by atoms with Crippen molar-refractivity contribution < 1.29 is 14.3 Å². The lowest BCUT2D eigenvalue weighted by molar-refractivity contribution is -0.122. The summed E-state index contributed by atoms with van der Waals surface area (Å²) in [6, 6.07) is 1.72. The van der Waals surface area contributed by atoms with Crippen molar-refractivity contribution in [2.24, 2.45) is 11.8 Å². The summed E-state index contributed by atoms with van der Waals surface area (Å²) in [5.41, 5.74) is 1.26. The number of carbonyl (C=O) groups excluding carboxylic acids is 1. The second-order valence-corrected chi connectivity index (χ2v) is 8.21. The zero-order chi connectivity index (χ0) is 21.6. The summed E-state index contributed by atoms with van der Waals surface area (Å²) in [5, 5.41) is 9.83. The highest BCUT2D eigenvalue weighted by Crippen LogP contribution is 2.29. The molecule has 10 heteroatoms. The highest BCUT2D eigenvalue weighted by atomic mass is 35.5.